The fourth-order valence-corrected chi connectivity index (χ4v) is 2.74. The number of hydrogen-bond donors (Lipinski definition) is 1. The van der Waals surface area contributed by atoms with E-state index in [1.807, 2.05) is 31.2 Å². The standard InChI is InChI=1S/C19H21N3O3/c1-12-2-4-13(5-3-12)19(24)22(15-8-9-15)10-17-21-16(11-25-17)18(23)20-14-6-7-14/h2-5,11,14-15H,6-10H2,1H3,(H,20,23). The monoisotopic (exact) mass is 339 g/mol. The lowest BCUT2D eigenvalue weighted by Gasteiger charge is -2.20. The largest absolute Gasteiger partial charge is 0.446 e. The van der Waals surface area contributed by atoms with Crippen LogP contribution in [0.3, 0.4) is 0 Å². The van der Waals surface area contributed by atoms with Gasteiger partial charge in [0, 0.05) is 17.6 Å². The van der Waals surface area contributed by atoms with E-state index in [4.69, 9.17) is 4.42 Å². The number of nitrogens with zero attached hydrogens (tertiary/aromatic N) is 2. The molecule has 130 valence electrons. The van der Waals surface area contributed by atoms with Gasteiger partial charge in [-0.1, -0.05) is 17.7 Å². The zero-order chi connectivity index (χ0) is 17.4. The van der Waals surface area contributed by atoms with Crippen molar-refractivity contribution in [3.8, 4) is 0 Å². The Morgan fingerprint density at radius 3 is 2.56 bits per heavy atom. The van der Waals surface area contributed by atoms with Crippen LogP contribution in [0, 0.1) is 6.92 Å². The van der Waals surface area contributed by atoms with Crippen LogP contribution in [0.25, 0.3) is 0 Å². The van der Waals surface area contributed by atoms with Crippen molar-refractivity contribution in [1.29, 1.82) is 0 Å². The molecule has 1 heterocycles. The van der Waals surface area contributed by atoms with Gasteiger partial charge in [-0.05, 0) is 44.7 Å². The summed E-state index contributed by atoms with van der Waals surface area (Å²) in [6, 6.07) is 8.06. The molecule has 1 aromatic carbocycles. The average Bonchev–Trinajstić information content (AvgIpc) is 3.53. The number of carbonyl (C=O) groups is 2. The van der Waals surface area contributed by atoms with Crippen molar-refractivity contribution >= 4 is 11.8 Å². The fraction of sp³-hybridized carbons (Fsp3) is 0.421. The van der Waals surface area contributed by atoms with E-state index in [1.165, 1.54) is 6.26 Å². The minimum Gasteiger partial charge on any atom is -0.446 e. The molecule has 0 unspecified atom stereocenters. The Kier molecular flexibility index (Phi) is 4.03. The lowest BCUT2D eigenvalue weighted by molar-refractivity contribution is 0.0714. The van der Waals surface area contributed by atoms with Crippen molar-refractivity contribution in [2.45, 2.75) is 51.2 Å². The van der Waals surface area contributed by atoms with Gasteiger partial charge in [-0.3, -0.25) is 9.59 Å². The Labute approximate surface area is 146 Å². The number of benzene rings is 1. The van der Waals surface area contributed by atoms with Gasteiger partial charge in [0.1, 0.15) is 6.26 Å². The van der Waals surface area contributed by atoms with E-state index in [-0.39, 0.29) is 36.1 Å². The predicted octanol–water partition coefficient (Wildman–Crippen LogP) is 2.68. The van der Waals surface area contributed by atoms with Crippen LogP contribution in [0.4, 0.5) is 0 Å². The number of aromatic nitrogens is 1. The molecule has 2 aliphatic carbocycles. The number of nitrogens with one attached hydrogen (secondary N) is 1. The van der Waals surface area contributed by atoms with Crippen LogP contribution < -0.4 is 5.32 Å². The van der Waals surface area contributed by atoms with Gasteiger partial charge >= 0.3 is 0 Å². The second-order valence-corrected chi connectivity index (χ2v) is 6.90. The number of aryl methyl sites for hydroxylation is 1. The van der Waals surface area contributed by atoms with Crippen LogP contribution in [0.5, 0.6) is 0 Å². The van der Waals surface area contributed by atoms with Gasteiger partial charge < -0.3 is 14.6 Å². The summed E-state index contributed by atoms with van der Waals surface area (Å²) in [5.74, 6) is 0.165. The number of hydrogen-bond acceptors (Lipinski definition) is 4. The minimum atomic E-state index is -0.208. The summed E-state index contributed by atoms with van der Waals surface area (Å²) in [6.07, 6.45) is 5.41. The van der Waals surface area contributed by atoms with E-state index in [2.05, 4.69) is 10.3 Å². The molecule has 4 rings (SSSR count). The quantitative estimate of drug-likeness (QED) is 0.878. The fourth-order valence-electron chi connectivity index (χ4n) is 2.74. The molecule has 0 spiro atoms. The highest BCUT2D eigenvalue weighted by atomic mass is 16.3. The summed E-state index contributed by atoms with van der Waals surface area (Å²) in [4.78, 5) is 30.9. The first-order valence-electron chi connectivity index (χ1n) is 8.73. The first-order chi connectivity index (χ1) is 12.1. The van der Waals surface area contributed by atoms with Gasteiger partial charge in [-0.15, -0.1) is 0 Å². The van der Waals surface area contributed by atoms with Gasteiger partial charge in [-0.25, -0.2) is 4.98 Å². The van der Waals surface area contributed by atoms with Crippen molar-refractivity contribution < 1.29 is 14.0 Å². The number of rotatable bonds is 6. The molecule has 0 saturated heterocycles. The Bertz CT molecular complexity index is 789. The van der Waals surface area contributed by atoms with Gasteiger partial charge in [0.25, 0.3) is 11.8 Å². The number of carbonyl (C=O) groups excluding carboxylic acids is 2. The van der Waals surface area contributed by atoms with Crippen molar-refractivity contribution in [2.24, 2.45) is 0 Å². The first kappa shape index (κ1) is 15.9. The molecule has 25 heavy (non-hydrogen) atoms. The Hall–Kier alpha value is -2.63. The Morgan fingerprint density at radius 2 is 1.92 bits per heavy atom. The number of oxazole rings is 1. The van der Waals surface area contributed by atoms with Crippen molar-refractivity contribution in [3.63, 3.8) is 0 Å². The second kappa shape index (κ2) is 6.35. The predicted molar refractivity (Wildman–Crippen MR) is 91.1 cm³/mol. The first-order valence-corrected chi connectivity index (χ1v) is 8.73. The highest BCUT2D eigenvalue weighted by molar-refractivity contribution is 5.94. The maximum atomic E-state index is 12.8. The van der Waals surface area contributed by atoms with Crippen LogP contribution in [0.2, 0.25) is 0 Å². The molecule has 0 bridgehead atoms. The van der Waals surface area contributed by atoms with E-state index in [0.717, 1.165) is 31.2 Å². The lowest BCUT2D eigenvalue weighted by Crippen LogP contribution is -2.32. The second-order valence-electron chi connectivity index (χ2n) is 6.90. The molecule has 1 N–H and O–H groups in total. The van der Waals surface area contributed by atoms with Crippen LogP contribution in [-0.4, -0.2) is 33.8 Å². The third-order valence-electron chi connectivity index (χ3n) is 4.55. The van der Waals surface area contributed by atoms with Crippen LogP contribution in [0.1, 0.15) is 58.0 Å². The third-order valence-corrected chi connectivity index (χ3v) is 4.55. The molecule has 0 aliphatic heterocycles. The zero-order valence-electron chi connectivity index (χ0n) is 14.2. The SMILES string of the molecule is Cc1ccc(C(=O)N(Cc2nc(C(=O)NC3CC3)co2)C2CC2)cc1. The molecule has 2 saturated carbocycles. The Balaban J connectivity index is 1.46. The van der Waals surface area contributed by atoms with Gasteiger partial charge in [0.2, 0.25) is 5.89 Å². The van der Waals surface area contributed by atoms with Gasteiger partial charge in [-0.2, -0.15) is 0 Å². The molecule has 1 aromatic heterocycles. The highest BCUT2D eigenvalue weighted by Gasteiger charge is 2.34. The molecule has 2 aliphatic rings. The topological polar surface area (TPSA) is 75.4 Å². The Morgan fingerprint density at radius 1 is 1.20 bits per heavy atom. The summed E-state index contributed by atoms with van der Waals surface area (Å²) in [5, 5.41) is 2.88. The van der Waals surface area contributed by atoms with Crippen LogP contribution in [-0.2, 0) is 6.54 Å². The normalized spacial score (nSPS) is 16.5. The van der Waals surface area contributed by atoms with Crippen LogP contribution in [0.15, 0.2) is 34.9 Å². The summed E-state index contributed by atoms with van der Waals surface area (Å²) in [6.45, 7) is 2.28. The molecule has 2 aromatic rings. The summed E-state index contributed by atoms with van der Waals surface area (Å²) in [7, 11) is 0. The van der Waals surface area contributed by atoms with E-state index in [0.29, 0.717) is 11.5 Å². The molecular weight excluding hydrogens is 318 g/mol. The van der Waals surface area contributed by atoms with Crippen molar-refractivity contribution in [3.05, 3.63) is 53.2 Å². The third kappa shape index (κ3) is 3.73. The van der Waals surface area contributed by atoms with Crippen molar-refractivity contribution in [2.75, 3.05) is 0 Å². The van der Waals surface area contributed by atoms with Crippen LogP contribution >= 0.6 is 0 Å². The molecule has 2 fully saturated rings. The minimum absolute atomic E-state index is 0.0234. The molecular formula is C19H21N3O3. The van der Waals surface area contributed by atoms with Gasteiger partial charge in [0.05, 0.1) is 6.54 Å². The number of amides is 2. The molecule has 2 amide bonds. The van der Waals surface area contributed by atoms with E-state index >= 15 is 0 Å². The maximum absolute atomic E-state index is 12.8. The van der Waals surface area contributed by atoms with E-state index < -0.39 is 0 Å². The van der Waals surface area contributed by atoms with E-state index in [1.54, 1.807) is 4.90 Å². The summed E-state index contributed by atoms with van der Waals surface area (Å²) < 4.78 is 5.44. The molecule has 6 nitrogen and oxygen atoms in total. The summed E-state index contributed by atoms with van der Waals surface area (Å²) >= 11 is 0. The smallest absolute Gasteiger partial charge is 0.273 e. The molecule has 0 atom stereocenters. The lowest BCUT2D eigenvalue weighted by atomic mass is 10.1. The zero-order valence-corrected chi connectivity index (χ0v) is 14.2. The van der Waals surface area contributed by atoms with E-state index in [9.17, 15) is 9.59 Å². The van der Waals surface area contributed by atoms with Gasteiger partial charge in [0.15, 0.2) is 5.69 Å². The summed E-state index contributed by atoms with van der Waals surface area (Å²) in [5.41, 5.74) is 2.06. The highest BCUT2D eigenvalue weighted by Crippen LogP contribution is 2.30. The maximum Gasteiger partial charge on any atom is 0.273 e. The molecule has 0 radical (unpaired) electrons. The molecule has 6 heteroatoms. The average molecular weight is 339 g/mol. The van der Waals surface area contributed by atoms with Crippen molar-refractivity contribution in [1.82, 2.24) is 15.2 Å².